The van der Waals surface area contributed by atoms with Gasteiger partial charge in [0.15, 0.2) is 0 Å². The molecule has 2 rings (SSSR count). The molecule has 0 N–H and O–H groups in total. The summed E-state index contributed by atoms with van der Waals surface area (Å²) in [6.07, 6.45) is -4.24. The van der Waals surface area contributed by atoms with Crippen LogP contribution in [-0.4, -0.2) is 15.7 Å². The van der Waals surface area contributed by atoms with Gasteiger partial charge in [0.25, 0.3) is 5.56 Å². The highest BCUT2D eigenvalue weighted by Gasteiger charge is 2.35. The summed E-state index contributed by atoms with van der Waals surface area (Å²) in [4.78, 5) is 24.4. The number of hydrogen-bond donors (Lipinski definition) is 0. The molecule has 0 fully saturated rings. The molecular weight excluding hydrogens is 392 g/mol. The Kier molecular flexibility index (Phi) is 6.04. The minimum atomic E-state index is -4.91. The van der Waals surface area contributed by atoms with E-state index in [-0.39, 0.29) is 28.0 Å². The van der Waals surface area contributed by atoms with E-state index in [9.17, 15) is 27.2 Å². The molecule has 0 atom stereocenters. The Morgan fingerprint density at radius 3 is 2.37 bits per heavy atom. The zero-order valence-electron chi connectivity index (χ0n) is 14.7. The number of benzene rings is 1. The van der Waals surface area contributed by atoms with Gasteiger partial charge in [0.2, 0.25) is 0 Å². The maximum absolute atomic E-state index is 14.3. The number of rotatable bonds is 5. The fourth-order valence-corrected chi connectivity index (χ4v) is 2.53. The standard InChI is InChI=1S/C17H17ClF4N2O3/c1-9(2)4-5-27-13-7-12(11(19)6-10(13)18)24-15(25)8-14(17(20,21)22)23(3)16(24)26/h6-9H,4-5H2,1-3H3. The van der Waals surface area contributed by atoms with Crippen molar-refractivity contribution < 1.29 is 22.3 Å². The predicted molar refractivity (Wildman–Crippen MR) is 92.2 cm³/mol. The van der Waals surface area contributed by atoms with Crippen LogP contribution in [0.3, 0.4) is 0 Å². The number of nitrogens with zero attached hydrogens (tertiary/aromatic N) is 2. The zero-order valence-corrected chi connectivity index (χ0v) is 15.5. The van der Waals surface area contributed by atoms with Crippen LogP contribution in [0.4, 0.5) is 17.6 Å². The van der Waals surface area contributed by atoms with Crippen molar-refractivity contribution in [3.05, 3.63) is 55.6 Å². The van der Waals surface area contributed by atoms with E-state index in [0.29, 0.717) is 16.9 Å². The van der Waals surface area contributed by atoms with Crippen molar-refractivity contribution in [1.29, 1.82) is 0 Å². The van der Waals surface area contributed by atoms with E-state index in [1.165, 1.54) is 0 Å². The smallest absolute Gasteiger partial charge is 0.431 e. The molecule has 2 aromatic rings. The summed E-state index contributed by atoms with van der Waals surface area (Å²) >= 11 is 5.92. The third-order valence-corrected chi connectivity index (χ3v) is 4.10. The van der Waals surface area contributed by atoms with Crippen LogP contribution in [0.15, 0.2) is 27.8 Å². The Morgan fingerprint density at radius 2 is 1.81 bits per heavy atom. The van der Waals surface area contributed by atoms with Crippen molar-refractivity contribution in [1.82, 2.24) is 9.13 Å². The molecule has 5 nitrogen and oxygen atoms in total. The second-order valence-electron chi connectivity index (χ2n) is 6.31. The van der Waals surface area contributed by atoms with Gasteiger partial charge < -0.3 is 4.74 Å². The summed E-state index contributed by atoms with van der Waals surface area (Å²) in [7, 11) is 0.842. The molecule has 0 spiro atoms. The summed E-state index contributed by atoms with van der Waals surface area (Å²) in [6.45, 7) is 4.18. The van der Waals surface area contributed by atoms with Gasteiger partial charge >= 0.3 is 11.9 Å². The molecule has 10 heteroatoms. The minimum Gasteiger partial charge on any atom is -0.492 e. The van der Waals surface area contributed by atoms with Gasteiger partial charge in [0, 0.05) is 19.2 Å². The normalized spacial score (nSPS) is 11.9. The first-order valence-corrected chi connectivity index (χ1v) is 8.33. The van der Waals surface area contributed by atoms with E-state index in [2.05, 4.69) is 0 Å². The van der Waals surface area contributed by atoms with Crippen LogP contribution in [0.2, 0.25) is 5.02 Å². The van der Waals surface area contributed by atoms with Crippen LogP contribution in [0.25, 0.3) is 5.69 Å². The topological polar surface area (TPSA) is 53.2 Å². The molecule has 1 aromatic heterocycles. The van der Waals surface area contributed by atoms with Crippen molar-refractivity contribution in [3.8, 4) is 11.4 Å². The number of hydrogen-bond acceptors (Lipinski definition) is 3. The van der Waals surface area contributed by atoms with Crippen LogP contribution >= 0.6 is 11.6 Å². The molecule has 148 valence electrons. The molecule has 0 aliphatic heterocycles. The predicted octanol–water partition coefficient (Wildman–Crippen LogP) is 3.77. The SMILES string of the molecule is CC(C)CCOc1cc(-n2c(=O)cc(C(F)(F)F)n(C)c2=O)c(F)cc1Cl. The largest absolute Gasteiger partial charge is 0.492 e. The van der Waals surface area contributed by atoms with Gasteiger partial charge in [-0.2, -0.15) is 13.2 Å². The molecule has 0 aliphatic rings. The fraction of sp³-hybridized carbons (Fsp3) is 0.412. The second kappa shape index (κ2) is 7.75. The fourth-order valence-electron chi connectivity index (χ4n) is 2.32. The Morgan fingerprint density at radius 1 is 1.19 bits per heavy atom. The Hall–Kier alpha value is -2.29. The Labute approximate surface area is 156 Å². The molecule has 0 bridgehead atoms. The first-order chi connectivity index (χ1) is 12.4. The van der Waals surface area contributed by atoms with Crippen LogP contribution in [0, 0.1) is 11.7 Å². The number of halogens is 5. The van der Waals surface area contributed by atoms with Crippen molar-refractivity contribution in [3.63, 3.8) is 0 Å². The van der Waals surface area contributed by atoms with Gasteiger partial charge in [-0.25, -0.2) is 13.8 Å². The van der Waals surface area contributed by atoms with Gasteiger partial charge in [0.1, 0.15) is 17.3 Å². The molecule has 1 aromatic carbocycles. The van der Waals surface area contributed by atoms with E-state index < -0.39 is 34.6 Å². The number of ether oxygens (including phenoxy) is 1. The Bertz CT molecular complexity index is 964. The molecule has 1 heterocycles. The van der Waals surface area contributed by atoms with E-state index >= 15 is 0 Å². The van der Waals surface area contributed by atoms with E-state index in [4.69, 9.17) is 16.3 Å². The second-order valence-corrected chi connectivity index (χ2v) is 6.71. The summed E-state index contributed by atoms with van der Waals surface area (Å²) < 4.78 is 59.1. The number of aromatic nitrogens is 2. The molecule has 0 saturated carbocycles. The quantitative estimate of drug-likeness (QED) is 0.708. The average Bonchev–Trinajstić information content (AvgIpc) is 2.53. The monoisotopic (exact) mass is 408 g/mol. The van der Waals surface area contributed by atoms with E-state index in [1.54, 1.807) is 0 Å². The molecule has 0 unspecified atom stereocenters. The molecular formula is C17H17ClF4N2O3. The van der Waals surface area contributed by atoms with Crippen LogP contribution in [-0.2, 0) is 13.2 Å². The first kappa shape index (κ1) is 21.0. The lowest BCUT2D eigenvalue weighted by molar-refractivity contribution is -0.144. The van der Waals surface area contributed by atoms with E-state index in [0.717, 1.165) is 19.2 Å². The summed E-state index contributed by atoms with van der Waals surface area (Å²) in [5, 5.41) is -0.0863. The van der Waals surface area contributed by atoms with Gasteiger partial charge in [-0.05, 0) is 18.4 Å². The van der Waals surface area contributed by atoms with Crippen LogP contribution in [0.5, 0.6) is 5.75 Å². The maximum atomic E-state index is 14.3. The lowest BCUT2D eigenvalue weighted by Crippen LogP contribution is -2.41. The first-order valence-electron chi connectivity index (χ1n) is 7.96. The van der Waals surface area contributed by atoms with Crippen LogP contribution < -0.4 is 16.0 Å². The third kappa shape index (κ3) is 4.52. The molecule has 0 aliphatic carbocycles. The van der Waals surface area contributed by atoms with Crippen molar-refractivity contribution in [2.24, 2.45) is 13.0 Å². The van der Waals surface area contributed by atoms with Gasteiger partial charge in [-0.3, -0.25) is 9.36 Å². The van der Waals surface area contributed by atoms with Crippen molar-refractivity contribution in [2.45, 2.75) is 26.4 Å². The number of alkyl halides is 3. The molecule has 0 saturated heterocycles. The molecule has 0 radical (unpaired) electrons. The van der Waals surface area contributed by atoms with Crippen molar-refractivity contribution >= 4 is 11.6 Å². The summed E-state index contributed by atoms with van der Waals surface area (Å²) in [5.74, 6) is -0.703. The lowest BCUT2D eigenvalue weighted by atomic mass is 10.1. The highest BCUT2D eigenvalue weighted by molar-refractivity contribution is 6.32. The minimum absolute atomic E-state index is 0.0163. The molecule has 0 amide bonds. The van der Waals surface area contributed by atoms with Gasteiger partial charge in [-0.15, -0.1) is 0 Å². The third-order valence-electron chi connectivity index (χ3n) is 3.81. The summed E-state index contributed by atoms with van der Waals surface area (Å²) in [5.41, 5.74) is -4.64. The highest BCUT2D eigenvalue weighted by Crippen LogP contribution is 2.30. The Balaban J connectivity index is 2.60. The maximum Gasteiger partial charge on any atom is 0.431 e. The average molecular weight is 409 g/mol. The van der Waals surface area contributed by atoms with Crippen molar-refractivity contribution in [2.75, 3.05) is 6.61 Å². The van der Waals surface area contributed by atoms with Gasteiger partial charge in [-0.1, -0.05) is 25.4 Å². The van der Waals surface area contributed by atoms with E-state index in [1.807, 2.05) is 13.8 Å². The summed E-state index contributed by atoms with van der Waals surface area (Å²) in [6, 6.07) is 2.09. The highest BCUT2D eigenvalue weighted by atomic mass is 35.5. The zero-order chi connectivity index (χ0) is 20.5. The lowest BCUT2D eigenvalue weighted by Gasteiger charge is -2.16. The van der Waals surface area contributed by atoms with Crippen LogP contribution in [0.1, 0.15) is 26.0 Å². The van der Waals surface area contributed by atoms with Gasteiger partial charge in [0.05, 0.1) is 17.3 Å². The molecule has 27 heavy (non-hydrogen) atoms.